The summed E-state index contributed by atoms with van der Waals surface area (Å²) in [5.41, 5.74) is 1.20. The van der Waals surface area contributed by atoms with E-state index in [1.807, 2.05) is 12.1 Å². The van der Waals surface area contributed by atoms with Crippen molar-refractivity contribution in [2.45, 2.75) is 33.4 Å². The summed E-state index contributed by atoms with van der Waals surface area (Å²) in [6.45, 7) is 6.84. The quantitative estimate of drug-likeness (QED) is 0.739. The van der Waals surface area contributed by atoms with Crippen LogP contribution in [-0.2, 0) is 13.1 Å². The van der Waals surface area contributed by atoms with Gasteiger partial charge in [0.05, 0.1) is 13.7 Å². The van der Waals surface area contributed by atoms with E-state index in [0.717, 1.165) is 37.6 Å². The molecule has 0 aliphatic heterocycles. The van der Waals surface area contributed by atoms with Gasteiger partial charge in [-0.2, -0.15) is 0 Å². The van der Waals surface area contributed by atoms with Crippen molar-refractivity contribution in [2.75, 3.05) is 13.7 Å². The van der Waals surface area contributed by atoms with Crippen molar-refractivity contribution in [3.05, 3.63) is 46.2 Å². The summed E-state index contributed by atoms with van der Waals surface area (Å²) in [5, 5.41) is 5.55. The average molecular weight is 319 g/mol. The van der Waals surface area contributed by atoms with Gasteiger partial charge in [-0.15, -0.1) is 11.3 Å². The molecule has 0 unspecified atom stereocenters. The molecular weight excluding hydrogens is 294 g/mol. The van der Waals surface area contributed by atoms with Gasteiger partial charge >= 0.3 is 0 Å². The van der Waals surface area contributed by atoms with Crippen molar-refractivity contribution >= 4 is 11.3 Å². The highest BCUT2D eigenvalue weighted by Crippen LogP contribution is 2.28. The molecule has 0 bridgehead atoms. The van der Waals surface area contributed by atoms with Crippen molar-refractivity contribution < 1.29 is 9.47 Å². The second-order valence-corrected chi connectivity index (χ2v) is 6.73. The predicted molar refractivity (Wildman–Crippen MR) is 92.8 cm³/mol. The summed E-state index contributed by atoms with van der Waals surface area (Å²) < 4.78 is 11.3. The van der Waals surface area contributed by atoms with Crippen molar-refractivity contribution in [1.82, 2.24) is 5.32 Å². The lowest BCUT2D eigenvalue weighted by Gasteiger charge is -2.13. The lowest BCUT2D eigenvalue weighted by Crippen LogP contribution is -2.12. The standard InChI is InChI=1S/C18H25NO2S/c1-14(2)8-9-21-17-7-6-15(11-18(17)20-3)12-19-13-16-5-4-10-22-16/h4-7,10-11,14,19H,8-9,12-13H2,1-3H3. The largest absolute Gasteiger partial charge is 0.493 e. The van der Waals surface area contributed by atoms with Crippen LogP contribution in [0, 0.1) is 5.92 Å². The molecule has 4 heteroatoms. The molecule has 1 aromatic heterocycles. The Morgan fingerprint density at radius 3 is 2.68 bits per heavy atom. The van der Waals surface area contributed by atoms with Crippen LogP contribution in [0.2, 0.25) is 0 Å². The molecule has 2 aromatic rings. The third-order valence-corrected chi connectivity index (χ3v) is 4.27. The Morgan fingerprint density at radius 1 is 1.14 bits per heavy atom. The Morgan fingerprint density at radius 2 is 2.00 bits per heavy atom. The second kappa shape index (κ2) is 8.81. The zero-order chi connectivity index (χ0) is 15.8. The van der Waals surface area contributed by atoms with Gasteiger partial charge < -0.3 is 14.8 Å². The highest BCUT2D eigenvalue weighted by atomic mass is 32.1. The summed E-state index contributed by atoms with van der Waals surface area (Å²) in [6, 6.07) is 10.4. The lowest BCUT2D eigenvalue weighted by molar-refractivity contribution is 0.273. The molecule has 0 atom stereocenters. The molecule has 0 aliphatic carbocycles. The summed E-state index contributed by atoms with van der Waals surface area (Å²) >= 11 is 1.77. The van der Waals surface area contributed by atoms with Gasteiger partial charge in [0.15, 0.2) is 11.5 Å². The van der Waals surface area contributed by atoms with E-state index in [9.17, 15) is 0 Å². The number of nitrogens with one attached hydrogen (secondary N) is 1. The number of hydrogen-bond acceptors (Lipinski definition) is 4. The van der Waals surface area contributed by atoms with Gasteiger partial charge in [0, 0.05) is 18.0 Å². The summed E-state index contributed by atoms with van der Waals surface area (Å²) in [5.74, 6) is 2.27. The molecule has 1 N–H and O–H groups in total. The summed E-state index contributed by atoms with van der Waals surface area (Å²) in [4.78, 5) is 1.35. The fourth-order valence-corrected chi connectivity index (χ4v) is 2.76. The third-order valence-electron chi connectivity index (χ3n) is 3.39. The minimum absolute atomic E-state index is 0.645. The van der Waals surface area contributed by atoms with Crippen molar-refractivity contribution in [3.63, 3.8) is 0 Å². The van der Waals surface area contributed by atoms with Gasteiger partial charge in [-0.1, -0.05) is 26.0 Å². The zero-order valence-corrected chi connectivity index (χ0v) is 14.4. The highest BCUT2D eigenvalue weighted by molar-refractivity contribution is 7.09. The first-order valence-corrected chi connectivity index (χ1v) is 8.60. The maximum atomic E-state index is 5.81. The molecule has 1 heterocycles. The molecule has 0 aliphatic rings. The van der Waals surface area contributed by atoms with Crippen LogP contribution in [0.3, 0.4) is 0 Å². The second-order valence-electron chi connectivity index (χ2n) is 5.70. The van der Waals surface area contributed by atoms with Crippen molar-refractivity contribution in [2.24, 2.45) is 5.92 Å². The molecule has 120 valence electrons. The molecule has 3 nitrogen and oxygen atoms in total. The van der Waals surface area contributed by atoms with Crippen LogP contribution in [0.15, 0.2) is 35.7 Å². The molecule has 0 spiro atoms. The Labute approximate surface area is 137 Å². The predicted octanol–water partition coefficient (Wildman–Crippen LogP) is 4.47. The normalized spacial score (nSPS) is 10.9. The van der Waals surface area contributed by atoms with Gasteiger partial charge in [-0.25, -0.2) is 0 Å². The van der Waals surface area contributed by atoms with E-state index in [1.165, 1.54) is 10.4 Å². The van der Waals surface area contributed by atoms with Crippen LogP contribution in [0.1, 0.15) is 30.7 Å². The van der Waals surface area contributed by atoms with E-state index in [2.05, 4.69) is 42.7 Å². The number of rotatable bonds is 9. The van der Waals surface area contributed by atoms with Crippen LogP contribution in [-0.4, -0.2) is 13.7 Å². The van der Waals surface area contributed by atoms with Crippen LogP contribution in [0.25, 0.3) is 0 Å². The molecule has 0 saturated heterocycles. The molecule has 2 rings (SSSR count). The zero-order valence-electron chi connectivity index (χ0n) is 13.6. The number of benzene rings is 1. The van der Waals surface area contributed by atoms with Crippen molar-refractivity contribution in [3.8, 4) is 11.5 Å². The number of ether oxygens (including phenoxy) is 2. The van der Waals surface area contributed by atoms with E-state index in [4.69, 9.17) is 9.47 Å². The molecule has 0 radical (unpaired) electrons. The molecule has 0 amide bonds. The number of thiophene rings is 1. The van der Waals surface area contributed by atoms with E-state index in [1.54, 1.807) is 18.4 Å². The number of hydrogen-bond donors (Lipinski definition) is 1. The maximum Gasteiger partial charge on any atom is 0.161 e. The van der Waals surface area contributed by atoms with Crippen LogP contribution >= 0.6 is 11.3 Å². The highest BCUT2D eigenvalue weighted by Gasteiger charge is 2.06. The fraction of sp³-hybridized carbons (Fsp3) is 0.444. The van der Waals surface area contributed by atoms with Gasteiger partial charge in [0.1, 0.15) is 0 Å². The molecule has 1 aromatic carbocycles. The summed E-state index contributed by atoms with van der Waals surface area (Å²) in [6.07, 6.45) is 1.05. The van der Waals surface area contributed by atoms with Crippen LogP contribution in [0.4, 0.5) is 0 Å². The molecule has 0 fully saturated rings. The summed E-state index contributed by atoms with van der Waals surface area (Å²) in [7, 11) is 1.69. The lowest BCUT2D eigenvalue weighted by atomic mass is 10.1. The van der Waals surface area contributed by atoms with E-state index >= 15 is 0 Å². The van der Waals surface area contributed by atoms with Gasteiger partial charge in [0.2, 0.25) is 0 Å². The van der Waals surface area contributed by atoms with E-state index in [-0.39, 0.29) is 0 Å². The van der Waals surface area contributed by atoms with Crippen molar-refractivity contribution in [1.29, 1.82) is 0 Å². The first-order valence-electron chi connectivity index (χ1n) is 7.72. The Balaban J connectivity index is 1.87. The van der Waals surface area contributed by atoms with Crippen LogP contribution in [0.5, 0.6) is 11.5 Å². The monoisotopic (exact) mass is 319 g/mol. The molecular formula is C18H25NO2S. The Hall–Kier alpha value is -1.52. The smallest absolute Gasteiger partial charge is 0.161 e. The Bertz CT molecular complexity index is 552. The first kappa shape index (κ1) is 16.8. The SMILES string of the molecule is COc1cc(CNCc2cccs2)ccc1OCCC(C)C. The van der Waals surface area contributed by atoms with Crippen LogP contribution < -0.4 is 14.8 Å². The maximum absolute atomic E-state index is 5.81. The molecule has 22 heavy (non-hydrogen) atoms. The Kier molecular flexibility index (Phi) is 6.74. The van der Waals surface area contributed by atoms with E-state index in [0.29, 0.717) is 5.92 Å². The van der Waals surface area contributed by atoms with Gasteiger partial charge in [-0.3, -0.25) is 0 Å². The fourth-order valence-electron chi connectivity index (χ4n) is 2.09. The van der Waals surface area contributed by atoms with Gasteiger partial charge in [0.25, 0.3) is 0 Å². The average Bonchev–Trinajstić information content (AvgIpc) is 3.01. The minimum atomic E-state index is 0.645. The topological polar surface area (TPSA) is 30.5 Å². The first-order chi connectivity index (χ1) is 10.7. The molecule has 0 saturated carbocycles. The van der Waals surface area contributed by atoms with Gasteiger partial charge in [-0.05, 0) is 41.5 Å². The third kappa shape index (κ3) is 5.35. The minimum Gasteiger partial charge on any atom is -0.493 e. The van der Waals surface area contributed by atoms with E-state index < -0.39 is 0 Å². The number of methoxy groups -OCH3 is 1.